The van der Waals surface area contributed by atoms with Crippen molar-refractivity contribution in [3.05, 3.63) is 23.9 Å². The van der Waals surface area contributed by atoms with Crippen LogP contribution in [0.2, 0.25) is 0 Å². The highest BCUT2D eigenvalue weighted by molar-refractivity contribution is 5.99. The molecule has 0 radical (unpaired) electrons. The van der Waals surface area contributed by atoms with Crippen LogP contribution in [0, 0.1) is 5.92 Å². The number of carbonyl (C=O) groups is 2. The minimum Gasteiger partial charge on any atom is -0.480 e. The predicted molar refractivity (Wildman–Crippen MR) is 76.3 cm³/mol. The van der Waals surface area contributed by atoms with Crippen molar-refractivity contribution in [2.75, 3.05) is 7.11 Å². The second-order valence-corrected chi connectivity index (χ2v) is 5.58. The molecule has 1 aromatic rings. The summed E-state index contributed by atoms with van der Waals surface area (Å²) >= 11 is 0. The number of ether oxygens (including phenoxy) is 1. The quantitative estimate of drug-likeness (QED) is 0.884. The largest absolute Gasteiger partial charge is 0.480 e. The van der Waals surface area contributed by atoms with Crippen molar-refractivity contribution in [1.82, 2.24) is 10.3 Å². The maximum Gasteiger partial charge on any atom is 0.329 e. The van der Waals surface area contributed by atoms with Crippen LogP contribution in [0.3, 0.4) is 0 Å². The summed E-state index contributed by atoms with van der Waals surface area (Å²) in [6, 6.07) is 3.19. The number of carboxylic acids is 1. The van der Waals surface area contributed by atoms with Gasteiger partial charge in [-0.25, -0.2) is 9.78 Å². The first kappa shape index (κ1) is 15.3. The number of carboxylic acid groups (broad SMARTS) is 1. The van der Waals surface area contributed by atoms with E-state index in [1.54, 1.807) is 12.1 Å². The number of nitrogens with one attached hydrogen (secondary N) is 1. The van der Waals surface area contributed by atoms with Crippen molar-refractivity contribution in [2.45, 2.75) is 38.1 Å². The SMILES string of the molecule is COc1ncccc1C(=O)NC1(C(=O)O)CCC(C)CC1. The molecule has 0 unspecified atom stereocenters. The molecular weight excluding hydrogens is 272 g/mol. The predicted octanol–water partition coefficient (Wildman–Crippen LogP) is 1.85. The molecule has 1 aliphatic rings. The molecule has 1 fully saturated rings. The molecule has 6 nitrogen and oxygen atoms in total. The molecular formula is C15H20N2O4. The summed E-state index contributed by atoms with van der Waals surface area (Å²) in [5, 5.41) is 12.2. The van der Waals surface area contributed by atoms with E-state index >= 15 is 0 Å². The molecule has 0 bridgehead atoms. The van der Waals surface area contributed by atoms with E-state index in [1.807, 2.05) is 0 Å². The van der Waals surface area contributed by atoms with Crippen LogP contribution >= 0.6 is 0 Å². The molecule has 0 atom stereocenters. The fraction of sp³-hybridized carbons (Fsp3) is 0.533. The van der Waals surface area contributed by atoms with Gasteiger partial charge in [0.2, 0.25) is 5.88 Å². The molecule has 0 spiro atoms. The summed E-state index contributed by atoms with van der Waals surface area (Å²) in [4.78, 5) is 28.0. The van der Waals surface area contributed by atoms with Crippen LogP contribution in [0.5, 0.6) is 5.88 Å². The number of rotatable bonds is 4. The second-order valence-electron chi connectivity index (χ2n) is 5.58. The zero-order valence-electron chi connectivity index (χ0n) is 12.3. The monoisotopic (exact) mass is 292 g/mol. The minimum absolute atomic E-state index is 0.194. The van der Waals surface area contributed by atoms with Crippen LogP contribution in [0.25, 0.3) is 0 Å². The van der Waals surface area contributed by atoms with Gasteiger partial charge in [-0.2, -0.15) is 0 Å². The molecule has 6 heteroatoms. The van der Waals surface area contributed by atoms with E-state index in [2.05, 4.69) is 17.2 Å². The molecule has 21 heavy (non-hydrogen) atoms. The Balaban J connectivity index is 2.21. The number of pyridine rings is 1. The van der Waals surface area contributed by atoms with E-state index in [9.17, 15) is 14.7 Å². The fourth-order valence-corrected chi connectivity index (χ4v) is 2.66. The molecule has 1 saturated carbocycles. The number of methoxy groups -OCH3 is 1. The Bertz CT molecular complexity index is 536. The number of aliphatic carboxylic acids is 1. The molecule has 0 aliphatic heterocycles. The number of amides is 1. The van der Waals surface area contributed by atoms with Gasteiger partial charge in [-0.15, -0.1) is 0 Å². The maximum absolute atomic E-state index is 12.4. The van der Waals surface area contributed by atoms with E-state index in [0.29, 0.717) is 18.8 Å². The summed E-state index contributed by atoms with van der Waals surface area (Å²) in [6.07, 6.45) is 3.98. The van der Waals surface area contributed by atoms with Crippen molar-refractivity contribution < 1.29 is 19.4 Å². The van der Waals surface area contributed by atoms with Gasteiger partial charge in [-0.05, 0) is 43.7 Å². The zero-order chi connectivity index (χ0) is 15.5. The van der Waals surface area contributed by atoms with Crippen LogP contribution in [0.1, 0.15) is 43.0 Å². The second kappa shape index (κ2) is 6.11. The first-order chi connectivity index (χ1) is 9.98. The van der Waals surface area contributed by atoms with Gasteiger partial charge in [-0.1, -0.05) is 6.92 Å². The van der Waals surface area contributed by atoms with E-state index in [0.717, 1.165) is 12.8 Å². The normalized spacial score (nSPS) is 25.1. The highest BCUT2D eigenvalue weighted by Crippen LogP contribution is 2.32. The maximum atomic E-state index is 12.4. The fourth-order valence-electron chi connectivity index (χ4n) is 2.66. The number of carbonyl (C=O) groups excluding carboxylic acids is 1. The Kier molecular flexibility index (Phi) is 4.45. The average molecular weight is 292 g/mol. The Labute approximate surface area is 123 Å². The summed E-state index contributed by atoms with van der Waals surface area (Å²) in [6.45, 7) is 2.09. The third kappa shape index (κ3) is 3.15. The van der Waals surface area contributed by atoms with Gasteiger partial charge in [0, 0.05) is 6.20 Å². The molecule has 1 aromatic heterocycles. The third-order valence-corrected chi connectivity index (χ3v) is 4.10. The number of nitrogens with zero attached hydrogens (tertiary/aromatic N) is 1. The standard InChI is InChI=1S/C15H20N2O4/c1-10-5-7-15(8-6-10,14(19)20)17-12(18)11-4-3-9-16-13(11)21-2/h3-4,9-10H,5-8H2,1-2H3,(H,17,18)(H,19,20). The first-order valence-electron chi connectivity index (χ1n) is 7.03. The van der Waals surface area contributed by atoms with Crippen molar-refractivity contribution in [3.8, 4) is 5.88 Å². The molecule has 0 saturated heterocycles. The van der Waals surface area contributed by atoms with E-state index in [4.69, 9.17) is 4.74 Å². The lowest BCUT2D eigenvalue weighted by atomic mass is 9.77. The number of hydrogen-bond acceptors (Lipinski definition) is 4. The zero-order valence-corrected chi connectivity index (χ0v) is 12.3. The smallest absolute Gasteiger partial charge is 0.329 e. The lowest BCUT2D eigenvalue weighted by molar-refractivity contribution is -0.146. The summed E-state index contributed by atoms with van der Waals surface area (Å²) in [7, 11) is 1.42. The molecule has 1 amide bonds. The van der Waals surface area contributed by atoms with Crippen molar-refractivity contribution in [3.63, 3.8) is 0 Å². The van der Waals surface area contributed by atoms with Crippen LogP contribution < -0.4 is 10.1 Å². The van der Waals surface area contributed by atoms with Crippen LogP contribution in [0.15, 0.2) is 18.3 Å². The van der Waals surface area contributed by atoms with Gasteiger partial charge in [0.25, 0.3) is 5.91 Å². The topological polar surface area (TPSA) is 88.5 Å². The van der Waals surface area contributed by atoms with Gasteiger partial charge < -0.3 is 15.2 Å². The van der Waals surface area contributed by atoms with Crippen LogP contribution in [-0.4, -0.2) is 34.6 Å². The van der Waals surface area contributed by atoms with Gasteiger partial charge in [0.1, 0.15) is 11.1 Å². The lowest BCUT2D eigenvalue weighted by Gasteiger charge is -2.36. The van der Waals surface area contributed by atoms with Crippen molar-refractivity contribution in [2.24, 2.45) is 5.92 Å². The molecule has 1 aliphatic carbocycles. The Hall–Kier alpha value is -2.11. The Morgan fingerprint density at radius 1 is 1.43 bits per heavy atom. The summed E-state index contributed by atoms with van der Waals surface area (Å²) in [5.41, 5.74) is -0.941. The molecule has 114 valence electrons. The number of aromatic nitrogens is 1. The molecule has 0 aromatic carbocycles. The minimum atomic E-state index is -1.19. The van der Waals surface area contributed by atoms with Gasteiger partial charge in [0.15, 0.2) is 0 Å². The van der Waals surface area contributed by atoms with Gasteiger partial charge in [0.05, 0.1) is 7.11 Å². The molecule has 2 N–H and O–H groups in total. The van der Waals surface area contributed by atoms with Crippen molar-refractivity contribution >= 4 is 11.9 Å². The van der Waals surface area contributed by atoms with Crippen LogP contribution in [0.4, 0.5) is 0 Å². The van der Waals surface area contributed by atoms with Gasteiger partial charge >= 0.3 is 5.97 Å². The third-order valence-electron chi connectivity index (χ3n) is 4.10. The lowest BCUT2D eigenvalue weighted by Crippen LogP contribution is -2.56. The molecule has 1 heterocycles. The van der Waals surface area contributed by atoms with E-state index in [-0.39, 0.29) is 11.4 Å². The van der Waals surface area contributed by atoms with E-state index < -0.39 is 17.4 Å². The van der Waals surface area contributed by atoms with E-state index in [1.165, 1.54) is 13.3 Å². The Morgan fingerprint density at radius 2 is 2.10 bits per heavy atom. The van der Waals surface area contributed by atoms with Gasteiger partial charge in [-0.3, -0.25) is 4.79 Å². The van der Waals surface area contributed by atoms with Crippen LogP contribution in [-0.2, 0) is 4.79 Å². The highest BCUT2D eigenvalue weighted by Gasteiger charge is 2.42. The number of hydrogen-bond donors (Lipinski definition) is 2. The highest BCUT2D eigenvalue weighted by atomic mass is 16.5. The summed E-state index contributed by atoms with van der Waals surface area (Å²) in [5.74, 6) is -0.760. The summed E-state index contributed by atoms with van der Waals surface area (Å²) < 4.78 is 5.05. The molecule has 2 rings (SSSR count). The average Bonchev–Trinajstić information content (AvgIpc) is 2.49. The van der Waals surface area contributed by atoms with Crippen molar-refractivity contribution in [1.29, 1.82) is 0 Å². The Morgan fingerprint density at radius 3 is 2.67 bits per heavy atom. The first-order valence-corrected chi connectivity index (χ1v) is 7.03.